The molecule has 0 aliphatic heterocycles. The lowest BCUT2D eigenvalue weighted by atomic mass is 10.1. The van der Waals surface area contributed by atoms with E-state index < -0.39 is 0 Å². The lowest BCUT2D eigenvalue weighted by molar-refractivity contribution is 0.102. The maximum atomic E-state index is 12.7. The number of amides is 1. The van der Waals surface area contributed by atoms with Gasteiger partial charge in [-0.25, -0.2) is 0 Å². The van der Waals surface area contributed by atoms with Crippen LogP contribution in [-0.4, -0.2) is 16.0 Å². The number of carbonyl (C=O) groups excluding carboxylic acids is 1. The molecular weight excluding hydrogens is 334 g/mol. The van der Waals surface area contributed by atoms with Gasteiger partial charge >= 0.3 is 0 Å². The van der Waals surface area contributed by atoms with Gasteiger partial charge in [-0.1, -0.05) is 42.4 Å². The predicted octanol–water partition coefficient (Wildman–Crippen LogP) is 4.49. The van der Waals surface area contributed by atoms with Crippen molar-refractivity contribution in [1.82, 2.24) is 10.1 Å². The van der Waals surface area contributed by atoms with Crippen molar-refractivity contribution >= 4 is 23.4 Å². The fourth-order valence-electron chi connectivity index (χ4n) is 2.46. The minimum absolute atomic E-state index is 0.120. The van der Waals surface area contributed by atoms with Gasteiger partial charge in [-0.15, -0.1) is 11.8 Å². The second-order valence-corrected chi connectivity index (χ2v) is 6.50. The van der Waals surface area contributed by atoms with E-state index in [2.05, 4.69) is 22.4 Å². The zero-order valence-corrected chi connectivity index (χ0v) is 15.0. The van der Waals surface area contributed by atoms with Crippen LogP contribution < -0.4 is 5.32 Å². The van der Waals surface area contributed by atoms with Crippen molar-refractivity contribution in [2.45, 2.75) is 30.9 Å². The fraction of sp³-hybridized carbons (Fsp3) is 0.211. The van der Waals surface area contributed by atoms with E-state index in [1.807, 2.05) is 48.5 Å². The predicted molar refractivity (Wildman–Crippen MR) is 98.8 cm³/mol. The monoisotopic (exact) mass is 353 g/mol. The van der Waals surface area contributed by atoms with Gasteiger partial charge in [-0.3, -0.25) is 4.79 Å². The van der Waals surface area contributed by atoms with Crippen LogP contribution in [0.2, 0.25) is 0 Å². The van der Waals surface area contributed by atoms with Gasteiger partial charge in [0.15, 0.2) is 5.82 Å². The maximum Gasteiger partial charge on any atom is 0.256 e. The highest BCUT2D eigenvalue weighted by atomic mass is 32.2. The molecule has 0 saturated carbocycles. The summed E-state index contributed by atoms with van der Waals surface area (Å²) in [5.74, 6) is 1.56. The van der Waals surface area contributed by atoms with Crippen molar-refractivity contribution in [3.8, 4) is 0 Å². The molecule has 0 bridgehead atoms. The Morgan fingerprint density at radius 3 is 2.68 bits per heavy atom. The van der Waals surface area contributed by atoms with Crippen molar-refractivity contribution in [1.29, 1.82) is 0 Å². The van der Waals surface area contributed by atoms with Crippen LogP contribution in [0, 0.1) is 6.92 Å². The molecule has 0 radical (unpaired) electrons. The molecule has 0 saturated heterocycles. The highest BCUT2D eigenvalue weighted by molar-refractivity contribution is 7.98. The van der Waals surface area contributed by atoms with Gasteiger partial charge in [-0.2, -0.15) is 4.98 Å². The summed E-state index contributed by atoms with van der Waals surface area (Å²) in [4.78, 5) is 17.8. The topological polar surface area (TPSA) is 68.0 Å². The van der Waals surface area contributed by atoms with Gasteiger partial charge in [-0.05, 0) is 37.1 Å². The smallest absolute Gasteiger partial charge is 0.256 e. The minimum atomic E-state index is -0.120. The van der Waals surface area contributed by atoms with Gasteiger partial charge in [0.2, 0.25) is 5.89 Å². The summed E-state index contributed by atoms with van der Waals surface area (Å²) in [6, 6.07) is 15.4. The molecule has 5 nitrogen and oxygen atoms in total. The Bertz CT molecular complexity index is 876. The highest BCUT2D eigenvalue weighted by Crippen LogP contribution is 2.27. The van der Waals surface area contributed by atoms with E-state index >= 15 is 0 Å². The Hall–Kier alpha value is -2.60. The molecule has 2 aromatic carbocycles. The Morgan fingerprint density at radius 2 is 1.92 bits per heavy atom. The van der Waals surface area contributed by atoms with E-state index in [4.69, 9.17) is 4.52 Å². The number of benzene rings is 2. The van der Waals surface area contributed by atoms with Crippen LogP contribution in [0.5, 0.6) is 0 Å². The molecule has 1 heterocycles. The molecule has 1 N–H and O–H groups in total. The van der Waals surface area contributed by atoms with Crippen LogP contribution in [0.25, 0.3) is 0 Å². The molecule has 128 valence electrons. The van der Waals surface area contributed by atoms with E-state index in [0.29, 0.717) is 23.0 Å². The first-order valence-corrected chi connectivity index (χ1v) is 9.06. The Balaban J connectivity index is 1.76. The van der Waals surface area contributed by atoms with Crippen LogP contribution in [-0.2, 0) is 12.2 Å². The molecule has 0 aliphatic carbocycles. The minimum Gasteiger partial charge on any atom is -0.338 e. The van der Waals surface area contributed by atoms with E-state index in [9.17, 15) is 4.79 Å². The third kappa shape index (κ3) is 4.28. The normalized spacial score (nSPS) is 10.6. The van der Waals surface area contributed by atoms with E-state index in [1.54, 1.807) is 6.92 Å². The number of aromatic nitrogens is 2. The van der Waals surface area contributed by atoms with E-state index in [1.165, 1.54) is 11.8 Å². The van der Waals surface area contributed by atoms with Crippen molar-refractivity contribution in [3.05, 3.63) is 71.4 Å². The lowest BCUT2D eigenvalue weighted by Crippen LogP contribution is -2.14. The zero-order valence-electron chi connectivity index (χ0n) is 14.2. The van der Waals surface area contributed by atoms with Crippen molar-refractivity contribution in [3.63, 3.8) is 0 Å². The molecule has 0 unspecified atom stereocenters. The van der Waals surface area contributed by atoms with Gasteiger partial charge < -0.3 is 9.84 Å². The maximum absolute atomic E-state index is 12.7. The second kappa shape index (κ2) is 7.98. The van der Waals surface area contributed by atoms with Crippen LogP contribution in [0.4, 0.5) is 5.69 Å². The number of carbonyl (C=O) groups is 1. The number of aryl methyl sites for hydroxylation is 2. The average molecular weight is 353 g/mol. The Morgan fingerprint density at radius 1 is 1.16 bits per heavy atom. The molecule has 0 fully saturated rings. The van der Waals surface area contributed by atoms with Crippen LogP contribution in [0.3, 0.4) is 0 Å². The molecule has 0 atom stereocenters. The molecule has 1 aromatic heterocycles. The van der Waals surface area contributed by atoms with E-state index in [-0.39, 0.29) is 5.91 Å². The number of hydrogen-bond acceptors (Lipinski definition) is 5. The first-order chi connectivity index (χ1) is 12.2. The Kier molecular flexibility index (Phi) is 5.50. The van der Waals surface area contributed by atoms with Crippen molar-refractivity contribution in [2.24, 2.45) is 0 Å². The zero-order chi connectivity index (χ0) is 17.6. The van der Waals surface area contributed by atoms with Gasteiger partial charge in [0.1, 0.15) is 0 Å². The average Bonchev–Trinajstić information content (AvgIpc) is 3.06. The lowest BCUT2D eigenvalue weighted by Gasteiger charge is -2.12. The second-order valence-electron chi connectivity index (χ2n) is 5.48. The van der Waals surface area contributed by atoms with Crippen LogP contribution in [0.1, 0.15) is 34.6 Å². The van der Waals surface area contributed by atoms with Crippen LogP contribution >= 0.6 is 11.8 Å². The van der Waals surface area contributed by atoms with Crippen molar-refractivity contribution in [2.75, 3.05) is 5.32 Å². The molecule has 25 heavy (non-hydrogen) atoms. The largest absolute Gasteiger partial charge is 0.338 e. The molecule has 3 aromatic rings. The third-order valence-corrected chi connectivity index (χ3v) is 4.76. The van der Waals surface area contributed by atoms with Gasteiger partial charge in [0.05, 0.1) is 11.3 Å². The van der Waals surface area contributed by atoms with Gasteiger partial charge in [0, 0.05) is 10.6 Å². The number of para-hydroxylation sites is 1. The number of thioether (sulfide) groups is 1. The number of rotatable bonds is 6. The number of hydrogen-bond donors (Lipinski definition) is 1. The fourth-order valence-corrected chi connectivity index (χ4v) is 3.35. The first-order valence-electron chi connectivity index (χ1n) is 8.07. The number of nitrogens with one attached hydrogen (secondary N) is 1. The summed E-state index contributed by atoms with van der Waals surface area (Å²) >= 11 is 1.51. The summed E-state index contributed by atoms with van der Waals surface area (Å²) < 4.78 is 5.13. The standard InChI is InChI=1S/C19H19N3O2S/c1-3-14-8-4-6-10-16(14)21-19(23)15-9-5-7-11-17(15)25-12-18-20-13(2)22-24-18/h4-11H,3,12H2,1-2H3,(H,21,23). The third-order valence-electron chi connectivity index (χ3n) is 3.70. The molecule has 1 amide bonds. The summed E-state index contributed by atoms with van der Waals surface area (Å²) in [6.07, 6.45) is 0.864. The number of nitrogens with zero attached hydrogens (tertiary/aromatic N) is 2. The summed E-state index contributed by atoms with van der Waals surface area (Å²) in [6.45, 7) is 3.85. The number of anilines is 1. The molecule has 0 spiro atoms. The molecule has 6 heteroatoms. The summed E-state index contributed by atoms with van der Waals surface area (Å²) in [5.41, 5.74) is 2.60. The first kappa shape index (κ1) is 17.2. The summed E-state index contributed by atoms with van der Waals surface area (Å²) in [5, 5.41) is 6.80. The van der Waals surface area contributed by atoms with Crippen LogP contribution in [0.15, 0.2) is 57.9 Å². The summed E-state index contributed by atoms with van der Waals surface area (Å²) in [7, 11) is 0. The quantitative estimate of drug-likeness (QED) is 0.662. The highest BCUT2D eigenvalue weighted by Gasteiger charge is 2.14. The van der Waals surface area contributed by atoms with E-state index in [0.717, 1.165) is 22.6 Å². The van der Waals surface area contributed by atoms with Gasteiger partial charge in [0.25, 0.3) is 5.91 Å². The van der Waals surface area contributed by atoms with Crippen molar-refractivity contribution < 1.29 is 9.32 Å². The molecule has 3 rings (SSSR count). The molecular formula is C19H19N3O2S. The Labute approximate surface area is 150 Å². The molecule has 0 aliphatic rings. The SMILES string of the molecule is CCc1ccccc1NC(=O)c1ccccc1SCc1nc(C)no1.